The Labute approximate surface area is 120 Å². The molecule has 0 bridgehead atoms. The first-order valence-electron chi connectivity index (χ1n) is 6.52. The zero-order valence-corrected chi connectivity index (χ0v) is 11.7. The second kappa shape index (κ2) is 5.13. The van der Waals surface area contributed by atoms with Crippen LogP contribution < -0.4 is 11.1 Å². The normalized spacial score (nSPS) is 13.8. The Morgan fingerprint density at radius 3 is 2.95 bits per heavy atom. The number of nitrogen functional groups attached to an aromatic ring is 1. The number of hydrogen-bond donors (Lipinski definition) is 3. The highest BCUT2D eigenvalue weighted by Crippen LogP contribution is 2.30. The minimum absolute atomic E-state index is 0.0165. The van der Waals surface area contributed by atoms with Gasteiger partial charge in [0.1, 0.15) is 5.75 Å². The molecule has 0 aliphatic heterocycles. The number of phenols is 1. The fourth-order valence-electron chi connectivity index (χ4n) is 2.31. The molecule has 104 valence electrons. The molecule has 0 radical (unpaired) electrons. The summed E-state index contributed by atoms with van der Waals surface area (Å²) in [5.41, 5.74) is 7.45. The van der Waals surface area contributed by atoms with Crippen LogP contribution in [0.15, 0.2) is 18.2 Å². The molecule has 1 amide bonds. The van der Waals surface area contributed by atoms with E-state index < -0.39 is 0 Å². The second-order valence-electron chi connectivity index (χ2n) is 4.82. The zero-order chi connectivity index (χ0) is 14.1. The van der Waals surface area contributed by atoms with Crippen molar-refractivity contribution in [3.8, 4) is 5.75 Å². The van der Waals surface area contributed by atoms with Gasteiger partial charge in [-0.3, -0.25) is 10.1 Å². The maximum atomic E-state index is 12.2. The molecule has 1 aliphatic carbocycles. The van der Waals surface area contributed by atoms with E-state index in [0.717, 1.165) is 25.0 Å². The van der Waals surface area contributed by atoms with Crippen LogP contribution in [-0.2, 0) is 12.8 Å². The van der Waals surface area contributed by atoms with Crippen molar-refractivity contribution < 1.29 is 9.90 Å². The first kappa shape index (κ1) is 12.9. The van der Waals surface area contributed by atoms with E-state index in [2.05, 4.69) is 10.3 Å². The molecule has 2 aromatic rings. The number of thiazole rings is 1. The fourth-order valence-corrected chi connectivity index (χ4v) is 3.36. The number of nitrogens with one attached hydrogen (secondary N) is 1. The third-order valence-electron chi connectivity index (χ3n) is 3.35. The third kappa shape index (κ3) is 2.46. The number of aryl methyl sites for hydroxylation is 2. The lowest BCUT2D eigenvalue weighted by atomic mass is 10.0. The molecule has 1 aromatic carbocycles. The number of phenolic OH excluding ortho intramolecular Hbond substituents is 1. The first-order chi connectivity index (χ1) is 9.63. The molecule has 1 heterocycles. The number of hydrogen-bond acceptors (Lipinski definition) is 5. The Morgan fingerprint density at radius 1 is 1.35 bits per heavy atom. The number of carbonyl (C=O) groups excluding carboxylic acids is 1. The summed E-state index contributed by atoms with van der Waals surface area (Å²) < 4.78 is 0. The minimum Gasteiger partial charge on any atom is -0.508 e. The Balaban J connectivity index is 1.82. The van der Waals surface area contributed by atoms with Gasteiger partial charge in [0.05, 0.1) is 11.3 Å². The average molecular weight is 289 g/mol. The highest BCUT2D eigenvalue weighted by atomic mass is 32.1. The van der Waals surface area contributed by atoms with Gasteiger partial charge in [-0.1, -0.05) is 0 Å². The van der Waals surface area contributed by atoms with E-state index in [4.69, 9.17) is 5.73 Å². The molecule has 0 unspecified atom stereocenters. The quantitative estimate of drug-likeness (QED) is 0.585. The monoisotopic (exact) mass is 289 g/mol. The largest absolute Gasteiger partial charge is 0.508 e. The lowest BCUT2D eigenvalue weighted by Crippen LogP contribution is -2.13. The maximum Gasteiger partial charge on any atom is 0.259 e. The number of carbonyl (C=O) groups is 1. The molecule has 6 heteroatoms. The van der Waals surface area contributed by atoms with Crippen molar-refractivity contribution in [1.82, 2.24) is 4.98 Å². The lowest BCUT2D eigenvalue weighted by molar-refractivity contribution is 0.102. The molecule has 3 rings (SSSR count). The van der Waals surface area contributed by atoms with E-state index in [1.807, 2.05) is 0 Å². The summed E-state index contributed by atoms with van der Waals surface area (Å²) in [6, 6.07) is 4.32. The topological polar surface area (TPSA) is 88.2 Å². The van der Waals surface area contributed by atoms with Crippen LogP contribution in [0, 0.1) is 0 Å². The Kier molecular flexibility index (Phi) is 3.31. The number of aromatic nitrogens is 1. The van der Waals surface area contributed by atoms with Crippen LogP contribution in [0.2, 0.25) is 0 Å². The lowest BCUT2D eigenvalue weighted by Gasteiger charge is -2.06. The van der Waals surface area contributed by atoms with Gasteiger partial charge in [0, 0.05) is 10.6 Å². The Morgan fingerprint density at radius 2 is 2.15 bits per heavy atom. The van der Waals surface area contributed by atoms with E-state index in [9.17, 15) is 9.90 Å². The van der Waals surface area contributed by atoms with Crippen molar-refractivity contribution in [2.45, 2.75) is 25.7 Å². The van der Waals surface area contributed by atoms with Gasteiger partial charge in [0.25, 0.3) is 5.91 Å². The van der Waals surface area contributed by atoms with E-state index in [1.54, 1.807) is 0 Å². The number of benzene rings is 1. The Hall–Kier alpha value is -2.08. The second-order valence-corrected chi connectivity index (χ2v) is 5.91. The summed E-state index contributed by atoms with van der Waals surface area (Å²) in [6.07, 6.45) is 4.36. The molecule has 0 atom stereocenters. The van der Waals surface area contributed by atoms with E-state index in [-0.39, 0.29) is 17.2 Å². The van der Waals surface area contributed by atoms with Gasteiger partial charge in [-0.15, -0.1) is 11.3 Å². The predicted molar refractivity (Wildman–Crippen MR) is 79.2 cm³/mol. The molecular formula is C14H15N3O2S. The van der Waals surface area contributed by atoms with E-state index in [0.29, 0.717) is 10.8 Å². The molecule has 1 aromatic heterocycles. The highest BCUT2D eigenvalue weighted by molar-refractivity contribution is 7.15. The van der Waals surface area contributed by atoms with Gasteiger partial charge in [-0.25, -0.2) is 4.98 Å². The van der Waals surface area contributed by atoms with Crippen molar-refractivity contribution in [1.29, 1.82) is 0 Å². The van der Waals surface area contributed by atoms with Crippen LogP contribution >= 0.6 is 11.3 Å². The molecule has 20 heavy (non-hydrogen) atoms. The number of nitrogens with zero attached hydrogens (tertiary/aromatic N) is 1. The molecular weight excluding hydrogens is 274 g/mol. The number of rotatable bonds is 2. The van der Waals surface area contributed by atoms with Gasteiger partial charge in [0.2, 0.25) is 0 Å². The number of fused-ring (bicyclic) bond motifs is 1. The van der Waals surface area contributed by atoms with Crippen LogP contribution in [0.25, 0.3) is 0 Å². The molecule has 0 spiro atoms. The number of aromatic hydroxyl groups is 1. The Bertz CT molecular complexity index is 643. The summed E-state index contributed by atoms with van der Waals surface area (Å²) in [6.45, 7) is 0. The molecule has 4 N–H and O–H groups in total. The van der Waals surface area contributed by atoms with Crippen LogP contribution in [-0.4, -0.2) is 16.0 Å². The molecule has 1 aliphatic rings. The molecule has 0 saturated carbocycles. The number of nitrogens with two attached hydrogens (primary N) is 1. The summed E-state index contributed by atoms with van der Waals surface area (Å²) in [5, 5.41) is 12.8. The summed E-state index contributed by atoms with van der Waals surface area (Å²) in [5.74, 6) is -0.327. The van der Waals surface area contributed by atoms with Crippen LogP contribution in [0.3, 0.4) is 0 Å². The van der Waals surface area contributed by atoms with Crippen LogP contribution in [0.4, 0.5) is 10.8 Å². The van der Waals surface area contributed by atoms with Gasteiger partial charge in [0.15, 0.2) is 5.13 Å². The first-order valence-corrected chi connectivity index (χ1v) is 7.33. The van der Waals surface area contributed by atoms with Gasteiger partial charge >= 0.3 is 0 Å². The predicted octanol–water partition coefficient (Wildman–Crippen LogP) is 2.56. The van der Waals surface area contributed by atoms with Crippen molar-refractivity contribution in [3.05, 3.63) is 34.3 Å². The summed E-state index contributed by atoms with van der Waals surface area (Å²) in [4.78, 5) is 17.9. The molecule has 0 fully saturated rings. The highest BCUT2D eigenvalue weighted by Gasteiger charge is 2.18. The van der Waals surface area contributed by atoms with Crippen LogP contribution in [0.5, 0.6) is 5.75 Å². The van der Waals surface area contributed by atoms with Crippen LogP contribution in [0.1, 0.15) is 33.8 Å². The van der Waals surface area contributed by atoms with Crippen molar-refractivity contribution in [2.24, 2.45) is 0 Å². The summed E-state index contributed by atoms with van der Waals surface area (Å²) >= 11 is 1.52. The fraction of sp³-hybridized carbons (Fsp3) is 0.286. The van der Waals surface area contributed by atoms with E-state index >= 15 is 0 Å². The van der Waals surface area contributed by atoms with E-state index in [1.165, 1.54) is 40.8 Å². The smallest absolute Gasteiger partial charge is 0.259 e. The number of anilines is 2. The minimum atomic E-state index is -0.343. The van der Waals surface area contributed by atoms with Gasteiger partial charge < -0.3 is 10.8 Å². The van der Waals surface area contributed by atoms with Gasteiger partial charge in [-0.05, 0) is 43.9 Å². The molecule has 0 saturated heterocycles. The van der Waals surface area contributed by atoms with Crippen molar-refractivity contribution in [2.75, 3.05) is 11.1 Å². The SMILES string of the molecule is Nc1ccc(O)cc1C(=O)Nc1nc2c(s1)CCCC2. The average Bonchev–Trinajstić information content (AvgIpc) is 2.83. The van der Waals surface area contributed by atoms with Crippen molar-refractivity contribution >= 4 is 28.1 Å². The summed E-state index contributed by atoms with van der Waals surface area (Å²) in [7, 11) is 0. The number of amides is 1. The van der Waals surface area contributed by atoms with Gasteiger partial charge in [-0.2, -0.15) is 0 Å². The maximum absolute atomic E-state index is 12.2. The van der Waals surface area contributed by atoms with Crippen molar-refractivity contribution in [3.63, 3.8) is 0 Å². The molecule has 5 nitrogen and oxygen atoms in total. The zero-order valence-electron chi connectivity index (χ0n) is 10.8. The third-order valence-corrected chi connectivity index (χ3v) is 4.42. The standard InChI is InChI=1S/C14H15N3O2S/c15-10-6-5-8(18)7-9(10)13(19)17-14-16-11-3-1-2-4-12(11)20-14/h5-7,18H,1-4,15H2,(H,16,17,19).